The van der Waals surface area contributed by atoms with Crippen molar-refractivity contribution in [2.45, 2.75) is 45.6 Å². The summed E-state index contributed by atoms with van der Waals surface area (Å²) in [7, 11) is 0. The van der Waals surface area contributed by atoms with Gasteiger partial charge in [0.05, 0.1) is 12.2 Å². The molecule has 2 nitrogen and oxygen atoms in total. The highest BCUT2D eigenvalue weighted by Crippen LogP contribution is 2.33. The zero-order valence-corrected chi connectivity index (χ0v) is 8.22. The molecule has 0 radical (unpaired) electrons. The predicted molar refractivity (Wildman–Crippen MR) is 48.1 cm³/mol. The van der Waals surface area contributed by atoms with Crippen LogP contribution in [0.3, 0.4) is 0 Å². The first-order valence-corrected chi connectivity index (χ1v) is 4.76. The quantitative estimate of drug-likeness (QED) is 0.635. The number of ketones is 1. The molecule has 0 aliphatic carbocycles. The Morgan fingerprint density at radius 2 is 2.25 bits per heavy atom. The summed E-state index contributed by atoms with van der Waals surface area (Å²) in [6, 6.07) is 0. The number of carbonyl (C=O) groups is 1. The zero-order chi connectivity index (χ0) is 9.19. The maximum absolute atomic E-state index is 11.3. The first-order valence-electron chi connectivity index (χ1n) is 4.76. The third-order valence-electron chi connectivity index (χ3n) is 2.92. The molecule has 0 bridgehead atoms. The second-order valence-electron chi connectivity index (χ2n) is 3.89. The van der Waals surface area contributed by atoms with Crippen molar-refractivity contribution in [1.82, 2.24) is 0 Å². The highest BCUT2D eigenvalue weighted by atomic mass is 16.5. The first-order chi connectivity index (χ1) is 5.60. The lowest BCUT2D eigenvalue weighted by Gasteiger charge is -2.39. The molecule has 1 heterocycles. The van der Waals surface area contributed by atoms with E-state index in [0.717, 1.165) is 6.42 Å². The van der Waals surface area contributed by atoms with Crippen molar-refractivity contribution in [3.8, 4) is 0 Å². The van der Waals surface area contributed by atoms with Crippen LogP contribution >= 0.6 is 0 Å². The molecule has 1 rings (SSSR count). The molecular formula is C10H18O2. The van der Waals surface area contributed by atoms with E-state index < -0.39 is 0 Å². The molecule has 1 unspecified atom stereocenters. The van der Waals surface area contributed by atoms with Crippen molar-refractivity contribution in [2.75, 3.05) is 6.61 Å². The SMILES string of the molecule is CCC1(C(C)C)CC(=O)CCO1. The van der Waals surface area contributed by atoms with Crippen LogP contribution in [0.15, 0.2) is 0 Å². The lowest BCUT2D eigenvalue weighted by atomic mass is 9.81. The van der Waals surface area contributed by atoms with Crippen LogP contribution in [0.4, 0.5) is 0 Å². The van der Waals surface area contributed by atoms with Gasteiger partial charge < -0.3 is 4.74 Å². The summed E-state index contributed by atoms with van der Waals surface area (Å²) >= 11 is 0. The van der Waals surface area contributed by atoms with E-state index in [1.54, 1.807) is 0 Å². The van der Waals surface area contributed by atoms with E-state index in [1.807, 2.05) is 0 Å². The molecule has 2 heteroatoms. The summed E-state index contributed by atoms with van der Waals surface area (Å²) in [6.07, 6.45) is 2.16. The Morgan fingerprint density at radius 3 is 2.58 bits per heavy atom. The second kappa shape index (κ2) is 3.56. The molecule has 1 atom stereocenters. The molecule has 0 aromatic carbocycles. The Kier molecular flexibility index (Phi) is 2.89. The number of hydrogen-bond donors (Lipinski definition) is 0. The molecule has 0 N–H and O–H groups in total. The van der Waals surface area contributed by atoms with Crippen LogP contribution in [0.2, 0.25) is 0 Å². The van der Waals surface area contributed by atoms with E-state index >= 15 is 0 Å². The largest absolute Gasteiger partial charge is 0.374 e. The van der Waals surface area contributed by atoms with Crippen molar-refractivity contribution in [3.63, 3.8) is 0 Å². The number of carbonyl (C=O) groups excluding carboxylic acids is 1. The fourth-order valence-electron chi connectivity index (χ4n) is 1.85. The van der Waals surface area contributed by atoms with Crippen LogP contribution < -0.4 is 0 Å². The first kappa shape index (κ1) is 9.72. The van der Waals surface area contributed by atoms with Crippen molar-refractivity contribution < 1.29 is 9.53 Å². The third kappa shape index (κ3) is 1.69. The number of Topliss-reactive ketones (excluding diaryl/α,β-unsaturated/α-hetero) is 1. The molecule has 0 spiro atoms. The van der Waals surface area contributed by atoms with Gasteiger partial charge in [0.25, 0.3) is 0 Å². The minimum absolute atomic E-state index is 0.157. The topological polar surface area (TPSA) is 26.3 Å². The second-order valence-corrected chi connectivity index (χ2v) is 3.89. The molecular weight excluding hydrogens is 152 g/mol. The molecule has 0 saturated carbocycles. The summed E-state index contributed by atoms with van der Waals surface area (Å²) in [5, 5.41) is 0. The Labute approximate surface area is 74.3 Å². The molecule has 1 aliphatic heterocycles. The van der Waals surface area contributed by atoms with E-state index in [0.29, 0.717) is 31.1 Å². The lowest BCUT2D eigenvalue weighted by molar-refractivity contribution is -0.148. The molecule has 1 saturated heterocycles. The number of rotatable bonds is 2. The minimum atomic E-state index is -0.157. The minimum Gasteiger partial charge on any atom is -0.374 e. The molecule has 12 heavy (non-hydrogen) atoms. The third-order valence-corrected chi connectivity index (χ3v) is 2.92. The maximum Gasteiger partial charge on any atom is 0.138 e. The van der Waals surface area contributed by atoms with Crippen LogP contribution in [0.5, 0.6) is 0 Å². The normalized spacial score (nSPS) is 31.2. The average Bonchev–Trinajstić information content (AvgIpc) is 2.04. The molecule has 0 aromatic heterocycles. The fourth-order valence-corrected chi connectivity index (χ4v) is 1.85. The Bertz CT molecular complexity index is 175. The summed E-state index contributed by atoms with van der Waals surface area (Å²) < 4.78 is 5.73. The summed E-state index contributed by atoms with van der Waals surface area (Å²) in [5.74, 6) is 0.795. The summed E-state index contributed by atoms with van der Waals surface area (Å²) in [6.45, 7) is 6.97. The number of ether oxygens (including phenoxy) is 1. The van der Waals surface area contributed by atoms with Gasteiger partial charge in [0.2, 0.25) is 0 Å². The standard InChI is InChI=1S/C10H18O2/c1-4-10(8(2)3)7-9(11)5-6-12-10/h8H,4-7H2,1-3H3. The van der Waals surface area contributed by atoms with Crippen molar-refractivity contribution in [2.24, 2.45) is 5.92 Å². The zero-order valence-electron chi connectivity index (χ0n) is 8.22. The van der Waals surface area contributed by atoms with Crippen LogP contribution in [0.1, 0.15) is 40.0 Å². The van der Waals surface area contributed by atoms with Gasteiger partial charge in [-0.3, -0.25) is 4.79 Å². The predicted octanol–water partition coefficient (Wildman–Crippen LogP) is 2.17. The van der Waals surface area contributed by atoms with Gasteiger partial charge in [0.1, 0.15) is 5.78 Å². The van der Waals surface area contributed by atoms with Gasteiger partial charge in [-0.1, -0.05) is 20.8 Å². The van der Waals surface area contributed by atoms with Gasteiger partial charge in [0.15, 0.2) is 0 Å². The Hall–Kier alpha value is -0.370. The fraction of sp³-hybridized carbons (Fsp3) is 0.900. The average molecular weight is 170 g/mol. The van der Waals surface area contributed by atoms with E-state index in [-0.39, 0.29) is 5.60 Å². The van der Waals surface area contributed by atoms with Crippen molar-refractivity contribution in [3.05, 3.63) is 0 Å². The van der Waals surface area contributed by atoms with Crippen LogP contribution in [0, 0.1) is 5.92 Å². The lowest BCUT2D eigenvalue weighted by Crippen LogP contribution is -2.44. The molecule has 1 aliphatic rings. The monoisotopic (exact) mass is 170 g/mol. The summed E-state index contributed by atoms with van der Waals surface area (Å²) in [4.78, 5) is 11.3. The van der Waals surface area contributed by atoms with Gasteiger partial charge in [-0.05, 0) is 12.3 Å². The number of hydrogen-bond acceptors (Lipinski definition) is 2. The van der Waals surface area contributed by atoms with E-state index in [4.69, 9.17) is 4.74 Å². The van der Waals surface area contributed by atoms with Crippen molar-refractivity contribution in [1.29, 1.82) is 0 Å². The van der Waals surface area contributed by atoms with Gasteiger partial charge in [0, 0.05) is 12.8 Å². The highest BCUT2D eigenvalue weighted by Gasteiger charge is 2.37. The van der Waals surface area contributed by atoms with Gasteiger partial charge in [-0.15, -0.1) is 0 Å². The van der Waals surface area contributed by atoms with Crippen molar-refractivity contribution >= 4 is 5.78 Å². The van der Waals surface area contributed by atoms with Gasteiger partial charge in [-0.25, -0.2) is 0 Å². The van der Waals surface area contributed by atoms with Crippen LogP contribution in [0.25, 0.3) is 0 Å². The van der Waals surface area contributed by atoms with E-state index in [9.17, 15) is 4.79 Å². The van der Waals surface area contributed by atoms with Gasteiger partial charge >= 0.3 is 0 Å². The van der Waals surface area contributed by atoms with E-state index in [2.05, 4.69) is 20.8 Å². The Morgan fingerprint density at radius 1 is 1.58 bits per heavy atom. The van der Waals surface area contributed by atoms with Crippen LogP contribution in [-0.2, 0) is 9.53 Å². The molecule has 70 valence electrons. The molecule has 1 fully saturated rings. The highest BCUT2D eigenvalue weighted by molar-refractivity contribution is 5.80. The smallest absolute Gasteiger partial charge is 0.138 e. The molecule has 0 aromatic rings. The Balaban J connectivity index is 2.71. The maximum atomic E-state index is 11.3. The van der Waals surface area contributed by atoms with Crippen LogP contribution in [-0.4, -0.2) is 18.0 Å². The summed E-state index contributed by atoms with van der Waals surface area (Å²) in [5.41, 5.74) is -0.157. The van der Waals surface area contributed by atoms with Gasteiger partial charge in [-0.2, -0.15) is 0 Å². The van der Waals surface area contributed by atoms with E-state index in [1.165, 1.54) is 0 Å². The molecule has 0 amide bonds.